The molecule has 3 heteroatoms. The predicted molar refractivity (Wildman–Crippen MR) is 63.2 cm³/mol. The third-order valence-electron chi connectivity index (χ3n) is 2.63. The molecule has 0 saturated heterocycles. The molecule has 1 aromatic carbocycles. The summed E-state index contributed by atoms with van der Waals surface area (Å²) < 4.78 is 0. The van der Waals surface area contributed by atoms with E-state index in [1.807, 2.05) is 26.8 Å². The van der Waals surface area contributed by atoms with E-state index >= 15 is 0 Å². The molecule has 1 amide bonds. The van der Waals surface area contributed by atoms with Crippen LogP contribution in [0.3, 0.4) is 0 Å². The zero-order valence-corrected chi connectivity index (χ0v) is 9.86. The van der Waals surface area contributed by atoms with E-state index in [0.717, 1.165) is 6.29 Å². The SMILES string of the molecule is CC(C)(C)C(C=O)c1ccccc1C(N)=O. The van der Waals surface area contributed by atoms with Crippen molar-refractivity contribution in [2.24, 2.45) is 11.1 Å². The van der Waals surface area contributed by atoms with Gasteiger partial charge in [0.1, 0.15) is 6.29 Å². The van der Waals surface area contributed by atoms with Crippen molar-refractivity contribution in [3.8, 4) is 0 Å². The molecule has 3 nitrogen and oxygen atoms in total. The third-order valence-corrected chi connectivity index (χ3v) is 2.63. The fourth-order valence-corrected chi connectivity index (χ4v) is 1.74. The maximum Gasteiger partial charge on any atom is 0.249 e. The molecule has 0 aromatic heterocycles. The van der Waals surface area contributed by atoms with Gasteiger partial charge in [0.15, 0.2) is 0 Å². The van der Waals surface area contributed by atoms with Gasteiger partial charge in [0.25, 0.3) is 0 Å². The second kappa shape index (κ2) is 4.47. The molecule has 16 heavy (non-hydrogen) atoms. The van der Waals surface area contributed by atoms with Crippen LogP contribution in [0.25, 0.3) is 0 Å². The molecule has 0 radical (unpaired) electrons. The van der Waals surface area contributed by atoms with Crippen LogP contribution < -0.4 is 5.73 Å². The van der Waals surface area contributed by atoms with Crippen molar-refractivity contribution < 1.29 is 9.59 Å². The maximum atomic E-state index is 11.3. The zero-order valence-electron chi connectivity index (χ0n) is 9.86. The number of carbonyl (C=O) groups is 2. The lowest BCUT2D eigenvalue weighted by Gasteiger charge is -2.27. The minimum atomic E-state index is -0.494. The molecule has 1 aromatic rings. The van der Waals surface area contributed by atoms with E-state index in [1.165, 1.54) is 0 Å². The first-order valence-corrected chi connectivity index (χ1v) is 5.22. The van der Waals surface area contributed by atoms with Crippen LogP contribution in [0.2, 0.25) is 0 Å². The molecule has 0 bridgehead atoms. The molecule has 1 unspecified atom stereocenters. The van der Waals surface area contributed by atoms with Crippen molar-refractivity contribution in [3.05, 3.63) is 35.4 Å². The molecule has 0 heterocycles. The minimum absolute atomic E-state index is 0.229. The van der Waals surface area contributed by atoms with E-state index in [4.69, 9.17) is 5.73 Å². The molecular formula is C13H17NO2. The molecule has 0 aliphatic carbocycles. The summed E-state index contributed by atoms with van der Waals surface area (Å²) >= 11 is 0. The Hall–Kier alpha value is -1.64. The number of hydrogen-bond donors (Lipinski definition) is 1. The zero-order chi connectivity index (χ0) is 12.3. The highest BCUT2D eigenvalue weighted by molar-refractivity contribution is 5.95. The Morgan fingerprint density at radius 2 is 1.88 bits per heavy atom. The van der Waals surface area contributed by atoms with Crippen molar-refractivity contribution in [3.63, 3.8) is 0 Å². The summed E-state index contributed by atoms with van der Waals surface area (Å²) in [5.74, 6) is -0.817. The smallest absolute Gasteiger partial charge is 0.249 e. The molecule has 0 spiro atoms. The highest BCUT2D eigenvalue weighted by Crippen LogP contribution is 2.34. The van der Waals surface area contributed by atoms with E-state index in [-0.39, 0.29) is 11.3 Å². The van der Waals surface area contributed by atoms with Crippen molar-refractivity contribution >= 4 is 12.2 Å². The number of rotatable bonds is 3. The number of primary amides is 1. The Labute approximate surface area is 95.6 Å². The van der Waals surface area contributed by atoms with Gasteiger partial charge in [-0.15, -0.1) is 0 Å². The van der Waals surface area contributed by atoms with Crippen LogP contribution in [-0.4, -0.2) is 12.2 Å². The Kier molecular flexibility index (Phi) is 3.48. The summed E-state index contributed by atoms with van der Waals surface area (Å²) in [4.78, 5) is 22.5. The molecule has 0 saturated carbocycles. The number of benzene rings is 1. The second-order valence-corrected chi connectivity index (χ2v) is 4.93. The van der Waals surface area contributed by atoms with Gasteiger partial charge in [0, 0.05) is 11.5 Å². The Morgan fingerprint density at radius 3 is 2.31 bits per heavy atom. The number of carbonyl (C=O) groups excluding carboxylic acids is 2. The van der Waals surface area contributed by atoms with Gasteiger partial charge in [-0.2, -0.15) is 0 Å². The summed E-state index contributed by atoms with van der Waals surface area (Å²) in [5, 5.41) is 0. The number of amides is 1. The molecule has 0 fully saturated rings. The van der Waals surface area contributed by atoms with Crippen LogP contribution in [0.4, 0.5) is 0 Å². The Balaban J connectivity index is 3.30. The number of hydrogen-bond acceptors (Lipinski definition) is 2. The monoisotopic (exact) mass is 219 g/mol. The Bertz CT molecular complexity index is 405. The highest BCUT2D eigenvalue weighted by Gasteiger charge is 2.28. The normalized spacial score (nSPS) is 13.2. The van der Waals surface area contributed by atoms with Crippen LogP contribution in [0.1, 0.15) is 42.6 Å². The Morgan fingerprint density at radius 1 is 1.31 bits per heavy atom. The van der Waals surface area contributed by atoms with E-state index in [9.17, 15) is 9.59 Å². The second-order valence-electron chi connectivity index (χ2n) is 4.93. The van der Waals surface area contributed by atoms with Crippen molar-refractivity contribution in [2.45, 2.75) is 26.7 Å². The van der Waals surface area contributed by atoms with Gasteiger partial charge < -0.3 is 10.5 Å². The van der Waals surface area contributed by atoms with Crippen molar-refractivity contribution in [2.75, 3.05) is 0 Å². The highest BCUT2D eigenvalue weighted by atomic mass is 16.1. The van der Waals surface area contributed by atoms with Crippen molar-refractivity contribution in [1.82, 2.24) is 0 Å². The largest absolute Gasteiger partial charge is 0.366 e. The molecule has 2 N–H and O–H groups in total. The fourth-order valence-electron chi connectivity index (χ4n) is 1.74. The van der Waals surface area contributed by atoms with E-state index < -0.39 is 5.91 Å². The van der Waals surface area contributed by atoms with Gasteiger partial charge in [-0.3, -0.25) is 4.79 Å². The minimum Gasteiger partial charge on any atom is -0.366 e. The summed E-state index contributed by atoms with van der Waals surface area (Å²) in [6, 6.07) is 6.99. The summed E-state index contributed by atoms with van der Waals surface area (Å²) in [7, 11) is 0. The lowest BCUT2D eigenvalue weighted by molar-refractivity contribution is -0.111. The standard InChI is InChI=1S/C13H17NO2/c1-13(2,3)11(8-15)9-6-4-5-7-10(9)12(14)16/h4-8,11H,1-3H3,(H2,14,16). The quantitative estimate of drug-likeness (QED) is 0.791. The molecule has 86 valence electrons. The van der Waals surface area contributed by atoms with Gasteiger partial charge in [0.05, 0.1) is 0 Å². The molecule has 1 atom stereocenters. The molecule has 0 aliphatic heterocycles. The topological polar surface area (TPSA) is 60.2 Å². The number of aldehydes is 1. The van der Waals surface area contributed by atoms with Crippen LogP contribution in [-0.2, 0) is 4.79 Å². The lowest BCUT2D eigenvalue weighted by atomic mass is 9.76. The molecule has 1 rings (SSSR count). The summed E-state index contributed by atoms with van der Waals surface area (Å²) in [5.41, 5.74) is 6.20. The van der Waals surface area contributed by atoms with Crippen molar-refractivity contribution in [1.29, 1.82) is 0 Å². The van der Waals surface area contributed by atoms with Gasteiger partial charge >= 0.3 is 0 Å². The van der Waals surface area contributed by atoms with Gasteiger partial charge in [0.2, 0.25) is 5.91 Å². The van der Waals surface area contributed by atoms with E-state index in [0.29, 0.717) is 11.1 Å². The van der Waals surface area contributed by atoms with Crippen LogP contribution >= 0.6 is 0 Å². The van der Waals surface area contributed by atoms with E-state index in [1.54, 1.807) is 18.2 Å². The molecule has 0 aliphatic rings. The average molecular weight is 219 g/mol. The third kappa shape index (κ3) is 2.48. The first kappa shape index (κ1) is 12.4. The van der Waals surface area contributed by atoms with Gasteiger partial charge in [-0.25, -0.2) is 0 Å². The fraction of sp³-hybridized carbons (Fsp3) is 0.385. The predicted octanol–water partition coefficient (Wildman–Crippen LogP) is 2.11. The summed E-state index contributed by atoms with van der Waals surface area (Å²) in [6.45, 7) is 5.89. The van der Waals surface area contributed by atoms with Gasteiger partial charge in [-0.05, 0) is 17.0 Å². The van der Waals surface area contributed by atoms with Crippen LogP contribution in [0.15, 0.2) is 24.3 Å². The average Bonchev–Trinajstić information content (AvgIpc) is 2.17. The van der Waals surface area contributed by atoms with Crippen LogP contribution in [0.5, 0.6) is 0 Å². The first-order valence-electron chi connectivity index (χ1n) is 5.22. The van der Waals surface area contributed by atoms with Gasteiger partial charge in [-0.1, -0.05) is 39.0 Å². The molecular weight excluding hydrogens is 202 g/mol. The first-order chi connectivity index (χ1) is 7.38. The number of nitrogens with two attached hydrogens (primary N) is 1. The summed E-state index contributed by atoms with van der Waals surface area (Å²) in [6.07, 6.45) is 0.877. The maximum absolute atomic E-state index is 11.3. The van der Waals surface area contributed by atoms with Crippen LogP contribution in [0, 0.1) is 5.41 Å². The van der Waals surface area contributed by atoms with E-state index in [2.05, 4.69) is 0 Å². The lowest BCUT2D eigenvalue weighted by Crippen LogP contribution is -2.23.